The number of benzene rings is 1. The van der Waals surface area contributed by atoms with E-state index in [1.54, 1.807) is 17.4 Å². The van der Waals surface area contributed by atoms with Crippen molar-refractivity contribution in [3.63, 3.8) is 0 Å². The van der Waals surface area contributed by atoms with Gasteiger partial charge in [-0.15, -0.1) is 11.3 Å². The van der Waals surface area contributed by atoms with Gasteiger partial charge in [0.15, 0.2) is 5.13 Å². The minimum Gasteiger partial charge on any atom is -0.358 e. The van der Waals surface area contributed by atoms with Gasteiger partial charge in [0.1, 0.15) is 0 Å². The summed E-state index contributed by atoms with van der Waals surface area (Å²) in [6, 6.07) is 10.0. The summed E-state index contributed by atoms with van der Waals surface area (Å²) in [6.07, 6.45) is 4.73. The highest BCUT2D eigenvalue weighted by atomic mass is 35.5. The van der Waals surface area contributed by atoms with Gasteiger partial charge in [-0.25, -0.2) is 4.98 Å². The summed E-state index contributed by atoms with van der Waals surface area (Å²) in [5, 5.41) is 5.86. The first-order chi connectivity index (χ1) is 13.4. The summed E-state index contributed by atoms with van der Waals surface area (Å²) < 4.78 is 0. The molecule has 0 fully saturated rings. The maximum absolute atomic E-state index is 6.40. The molecular formula is C22H25Cl2N3S. The SMILES string of the molecule is CCC(Nc1nc(-c2ccc(Cl)cc2Cl)c(C)s1)C(c1ccncc1)C(C)C. The monoisotopic (exact) mass is 433 g/mol. The molecule has 0 saturated heterocycles. The number of nitrogens with zero attached hydrogens (tertiary/aromatic N) is 2. The Balaban J connectivity index is 1.89. The number of thiazole rings is 1. The number of rotatable bonds is 7. The van der Waals surface area contributed by atoms with Crippen molar-refractivity contribution in [1.29, 1.82) is 0 Å². The Labute approximate surface area is 181 Å². The van der Waals surface area contributed by atoms with Gasteiger partial charge in [-0.3, -0.25) is 4.98 Å². The van der Waals surface area contributed by atoms with E-state index in [0.29, 0.717) is 21.9 Å². The summed E-state index contributed by atoms with van der Waals surface area (Å²) in [7, 11) is 0. The van der Waals surface area contributed by atoms with Crippen LogP contribution in [0.5, 0.6) is 0 Å². The molecule has 3 nitrogen and oxygen atoms in total. The zero-order chi connectivity index (χ0) is 20.3. The maximum Gasteiger partial charge on any atom is 0.183 e. The molecule has 6 heteroatoms. The fourth-order valence-corrected chi connectivity index (χ4v) is 5.05. The maximum atomic E-state index is 6.40. The first kappa shape index (κ1) is 21.1. The first-order valence-corrected chi connectivity index (χ1v) is 11.1. The van der Waals surface area contributed by atoms with Crippen molar-refractivity contribution in [2.45, 2.75) is 46.1 Å². The summed E-state index contributed by atoms with van der Waals surface area (Å²) in [6.45, 7) is 8.82. The van der Waals surface area contributed by atoms with E-state index in [2.05, 4.69) is 50.1 Å². The van der Waals surface area contributed by atoms with Crippen molar-refractivity contribution in [1.82, 2.24) is 9.97 Å². The topological polar surface area (TPSA) is 37.8 Å². The second-order valence-corrected chi connectivity index (χ2v) is 9.30. The van der Waals surface area contributed by atoms with E-state index in [-0.39, 0.29) is 6.04 Å². The van der Waals surface area contributed by atoms with Crippen LogP contribution in [0.25, 0.3) is 11.3 Å². The van der Waals surface area contributed by atoms with Crippen LogP contribution < -0.4 is 5.32 Å². The highest BCUT2D eigenvalue weighted by Crippen LogP contribution is 2.37. The molecule has 0 aliphatic rings. The van der Waals surface area contributed by atoms with Gasteiger partial charge < -0.3 is 5.32 Å². The summed E-state index contributed by atoms with van der Waals surface area (Å²) in [4.78, 5) is 10.2. The fourth-order valence-electron chi connectivity index (χ4n) is 3.66. The molecule has 0 aliphatic heterocycles. The average molecular weight is 434 g/mol. The number of aromatic nitrogens is 2. The van der Waals surface area contributed by atoms with Crippen molar-refractivity contribution in [2.75, 3.05) is 5.32 Å². The van der Waals surface area contributed by atoms with Crippen LogP contribution in [0.2, 0.25) is 10.0 Å². The number of hydrogen-bond acceptors (Lipinski definition) is 4. The molecule has 0 spiro atoms. The lowest BCUT2D eigenvalue weighted by atomic mass is 9.82. The van der Waals surface area contributed by atoms with Crippen LogP contribution in [-0.4, -0.2) is 16.0 Å². The quantitative estimate of drug-likeness (QED) is 0.420. The van der Waals surface area contributed by atoms with E-state index in [1.165, 1.54) is 5.56 Å². The average Bonchev–Trinajstić information content (AvgIpc) is 3.01. The van der Waals surface area contributed by atoms with Gasteiger partial charge in [0.05, 0.1) is 10.7 Å². The zero-order valence-electron chi connectivity index (χ0n) is 16.5. The number of nitrogens with one attached hydrogen (secondary N) is 1. The molecule has 3 rings (SSSR count). The second-order valence-electron chi connectivity index (χ2n) is 7.26. The second kappa shape index (κ2) is 9.25. The third-order valence-electron chi connectivity index (χ3n) is 4.97. The van der Waals surface area contributed by atoms with Gasteiger partial charge in [-0.05, 0) is 55.2 Å². The number of pyridine rings is 1. The van der Waals surface area contributed by atoms with E-state index >= 15 is 0 Å². The van der Waals surface area contributed by atoms with Crippen LogP contribution >= 0.6 is 34.5 Å². The molecule has 2 atom stereocenters. The summed E-state index contributed by atoms with van der Waals surface area (Å²) in [5.41, 5.74) is 3.13. The van der Waals surface area contributed by atoms with E-state index < -0.39 is 0 Å². The Hall–Kier alpha value is -1.62. The van der Waals surface area contributed by atoms with Gasteiger partial charge in [-0.2, -0.15) is 0 Å². The summed E-state index contributed by atoms with van der Waals surface area (Å²) >= 11 is 14.1. The van der Waals surface area contributed by atoms with Gasteiger partial charge >= 0.3 is 0 Å². The molecule has 0 bridgehead atoms. The Morgan fingerprint density at radius 3 is 2.43 bits per heavy atom. The minimum atomic E-state index is 0.279. The third kappa shape index (κ3) is 4.68. The molecule has 2 heterocycles. The Morgan fingerprint density at radius 1 is 1.11 bits per heavy atom. The minimum absolute atomic E-state index is 0.279. The van der Waals surface area contributed by atoms with E-state index in [9.17, 15) is 0 Å². The highest BCUT2D eigenvalue weighted by molar-refractivity contribution is 7.16. The molecule has 1 aromatic carbocycles. The van der Waals surface area contributed by atoms with Crippen LogP contribution in [0.15, 0.2) is 42.7 Å². The zero-order valence-corrected chi connectivity index (χ0v) is 18.9. The standard InChI is InChI=1S/C22H25Cl2N3S/c1-5-19(20(13(2)3)15-8-10-25-11-9-15)26-22-27-21(14(4)28-22)17-7-6-16(23)12-18(17)24/h6-13,19-20H,5H2,1-4H3,(H,26,27). The van der Waals surface area contributed by atoms with Crippen molar-refractivity contribution in [3.05, 3.63) is 63.2 Å². The number of hydrogen-bond donors (Lipinski definition) is 1. The van der Waals surface area contributed by atoms with Crippen LogP contribution in [0.4, 0.5) is 5.13 Å². The van der Waals surface area contributed by atoms with Gasteiger partial charge in [0.25, 0.3) is 0 Å². The molecule has 1 N–H and O–H groups in total. The highest BCUT2D eigenvalue weighted by Gasteiger charge is 2.26. The van der Waals surface area contributed by atoms with Gasteiger partial charge in [-0.1, -0.05) is 44.0 Å². The molecule has 0 amide bonds. The Kier molecular flexibility index (Phi) is 6.97. The first-order valence-electron chi connectivity index (χ1n) is 9.50. The van der Waals surface area contributed by atoms with E-state index in [0.717, 1.165) is 27.7 Å². The fraction of sp³-hybridized carbons (Fsp3) is 0.364. The molecule has 2 aromatic heterocycles. The predicted molar refractivity (Wildman–Crippen MR) is 122 cm³/mol. The molecule has 0 radical (unpaired) electrons. The van der Waals surface area contributed by atoms with Crippen LogP contribution in [-0.2, 0) is 0 Å². The smallest absolute Gasteiger partial charge is 0.183 e. The molecular weight excluding hydrogens is 409 g/mol. The number of aryl methyl sites for hydroxylation is 1. The molecule has 3 aromatic rings. The summed E-state index contributed by atoms with van der Waals surface area (Å²) in [5.74, 6) is 0.867. The molecule has 28 heavy (non-hydrogen) atoms. The lowest BCUT2D eigenvalue weighted by Gasteiger charge is -2.30. The van der Waals surface area contributed by atoms with Crippen LogP contribution in [0, 0.1) is 12.8 Å². The van der Waals surface area contributed by atoms with Crippen molar-refractivity contribution in [3.8, 4) is 11.3 Å². The van der Waals surface area contributed by atoms with E-state index in [4.69, 9.17) is 28.2 Å². The van der Waals surface area contributed by atoms with E-state index in [1.807, 2.05) is 24.5 Å². The Morgan fingerprint density at radius 2 is 1.82 bits per heavy atom. The number of halogens is 2. The molecule has 148 valence electrons. The van der Waals surface area contributed by atoms with Gasteiger partial charge in [0, 0.05) is 39.8 Å². The lowest BCUT2D eigenvalue weighted by molar-refractivity contribution is 0.427. The van der Waals surface area contributed by atoms with Crippen molar-refractivity contribution < 1.29 is 0 Å². The Bertz CT molecular complexity index is 925. The van der Waals surface area contributed by atoms with Crippen molar-refractivity contribution >= 4 is 39.7 Å². The number of anilines is 1. The van der Waals surface area contributed by atoms with Crippen LogP contribution in [0.1, 0.15) is 43.6 Å². The third-order valence-corrected chi connectivity index (χ3v) is 6.42. The molecule has 0 aliphatic carbocycles. The van der Waals surface area contributed by atoms with Gasteiger partial charge in [0.2, 0.25) is 0 Å². The molecule has 2 unspecified atom stereocenters. The predicted octanol–water partition coefficient (Wildman–Crippen LogP) is 7.45. The molecule has 0 saturated carbocycles. The largest absolute Gasteiger partial charge is 0.358 e. The van der Waals surface area contributed by atoms with Crippen LogP contribution in [0.3, 0.4) is 0 Å². The normalized spacial score (nSPS) is 13.5. The lowest BCUT2D eigenvalue weighted by Crippen LogP contribution is -2.30. The van der Waals surface area contributed by atoms with Crippen molar-refractivity contribution in [2.24, 2.45) is 5.92 Å².